The van der Waals surface area contributed by atoms with Crippen LogP contribution in [0.15, 0.2) is 29.2 Å². The van der Waals surface area contributed by atoms with Gasteiger partial charge < -0.3 is 0 Å². The fourth-order valence-corrected chi connectivity index (χ4v) is 1.23. The number of rotatable bonds is 0. The number of nitrogens with zero attached hydrogens (tertiary/aromatic N) is 2. The minimum atomic E-state index is -0.397. The van der Waals surface area contributed by atoms with Crippen molar-refractivity contribution >= 4 is 11.0 Å². The zero-order valence-corrected chi connectivity index (χ0v) is 6.99. The molecular weight excluding hydrogens is 171 g/mol. The first-order valence-electron chi connectivity index (χ1n) is 3.80. The SMILES string of the molecule is Cn1c(=O)ccc2cc(F)cnc21. The molecule has 0 atom stereocenters. The molecule has 0 radical (unpaired) electrons. The Morgan fingerprint density at radius 1 is 1.46 bits per heavy atom. The Morgan fingerprint density at radius 3 is 3.00 bits per heavy atom. The van der Waals surface area contributed by atoms with Crippen LogP contribution in [0.1, 0.15) is 0 Å². The summed E-state index contributed by atoms with van der Waals surface area (Å²) < 4.78 is 14.1. The Hall–Kier alpha value is -1.71. The summed E-state index contributed by atoms with van der Waals surface area (Å²) in [5.74, 6) is -0.397. The molecule has 0 aliphatic heterocycles. The van der Waals surface area contributed by atoms with Gasteiger partial charge in [0.2, 0.25) is 0 Å². The number of halogens is 1. The molecule has 0 aliphatic carbocycles. The molecule has 66 valence electrons. The van der Waals surface area contributed by atoms with Crippen LogP contribution in [-0.4, -0.2) is 9.55 Å². The summed E-state index contributed by atoms with van der Waals surface area (Å²) in [7, 11) is 1.61. The zero-order chi connectivity index (χ0) is 9.42. The lowest BCUT2D eigenvalue weighted by molar-refractivity contribution is 0.623. The van der Waals surface area contributed by atoms with Crippen LogP contribution in [0, 0.1) is 5.82 Å². The summed E-state index contributed by atoms with van der Waals surface area (Å²) in [5.41, 5.74) is 0.348. The van der Waals surface area contributed by atoms with Gasteiger partial charge in [0.05, 0.1) is 6.20 Å². The third-order valence-electron chi connectivity index (χ3n) is 1.92. The minimum Gasteiger partial charge on any atom is -0.296 e. The maximum Gasteiger partial charge on any atom is 0.251 e. The summed E-state index contributed by atoms with van der Waals surface area (Å²) in [6, 6.07) is 4.30. The van der Waals surface area contributed by atoms with E-state index in [0.717, 1.165) is 6.20 Å². The van der Waals surface area contributed by atoms with Gasteiger partial charge >= 0.3 is 0 Å². The van der Waals surface area contributed by atoms with Crippen molar-refractivity contribution in [3.05, 3.63) is 40.6 Å². The molecule has 2 rings (SSSR count). The second kappa shape index (κ2) is 2.65. The van der Waals surface area contributed by atoms with E-state index in [1.165, 1.54) is 16.7 Å². The van der Waals surface area contributed by atoms with Crippen LogP contribution < -0.4 is 5.56 Å². The fraction of sp³-hybridized carbons (Fsp3) is 0.111. The third-order valence-corrected chi connectivity index (χ3v) is 1.92. The van der Waals surface area contributed by atoms with Gasteiger partial charge in [0.1, 0.15) is 11.5 Å². The van der Waals surface area contributed by atoms with Crippen molar-refractivity contribution in [2.24, 2.45) is 7.05 Å². The number of pyridine rings is 2. The van der Waals surface area contributed by atoms with Crippen molar-refractivity contribution in [3.63, 3.8) is 0 Å². The number of fused-ring (bicyclic) bond motifs is 1. The Balaban J connectivity index is 2.95. The predicted molar refractivity (Wildman–Crippen MR) is 46.9 cm³/mol. The van der Waals surface area contributed by atoms with E-state index in [1.54, 1.807) is 13.1 Å². The van der Waals surface area contributed by atoms with Crippen molar-refractivity contribution < 1.29 is 4.39 Å². The molecule has 2 aromatic heterocycles. The van der Waals surface area contributed by atoms with Gasteiger partial charge in [-0.15, -0.1) is 0 Å². The normalized spacial score (nSPS) is 10.6. The van der Waals surface area contributed by atoms with E-state index < -0.39 is 5.82 Å². The first-order chi connectivity index (χ1) is 6.18. The van der Waals surface area contributed by atoms with Gasteiger partial charge in [0.15, 0.2) is 0 Å². The van der Waals surface area contributed by atoms with Crippen LogP contribution in [0.2, 0.25) is 0 Å². The maximum absolute atomic E-state index is 12.7. The van der Waals surface area contributed by atoms with Crippen molar-refractivity contribution in [2.75, 3.05) is 0 Å². The van der Waals surface area contributed by atoms with Gasteiger partial charge in [-0.3, -0.25) is 9.36 Å². The molecule has 0 N–H and O–H groups in total. The number of aromatic nitrogens is 2. The average Bonchev–Trinajstić information content (AvgIpc) is 2.12. The maximum atomic E-state index is 12.7. The topological polar surface area (TPSA) is 34.9 Å². The highest BCUT2D eigenvalue weighted by Crippen LogP contribution is 2.08. The zero-order valence-electron chi connectivity index (χ0n) is 6.99. The summed E-state index contributed by atoms with van der Waals surface area (Å²) in [6.45, 7) is 0. The quantitative estimate of drug-likeness (QED) is 0.604. The van der Waals surface area contributed by atoms with Crippen LogP contribution in [-0.2, 0) is 7.05 Å². The third kappa shape index (κ3) is 1.20. The van der Waals surface area contributed by atoms with Gasteiger partial charge in [-0.2, -0.15) is 0 Å². The molecule has 2 aromatic rings. The van der Waals surface area contributed by atoms with E-state index in [0.29, 0.717) is 11.0 Å². The molecule has 4 heteroatoms. The summed E-state index contributed by atoms with van der Waals surface area (Å²) in [6.07, 6.45) is 1.10. The second-order valence-corrected chi connectivity index (χ2v) is 2.80. The van der Waals surface area contributed by atoms with Crippen molar-refractivity contribution in [1.82, 2.24) is 9.55 Å². The lowest BCUT2D eigenvalue weighted by atomic mass is 10.3. The summed E-state index contributed by atoms with van der Waals surface area (Å²) >= 11 is 0. The number of aryl methyl sites for hydroxylation is 1. The molecule has 13 heavy (non-hydrogen) atoms. The molecule has 0 aliphatic rings. The van der Waals surface area contributed by atoms with E-state index >= 15 is 0 Å². The van der Waals surface area contributed by atoms with Gasteiger partial charge in [0.25, 0.3) is 5.56 Å². The Kier molecular flexibility index (Phi) is 1.62. The molecule has 0 fully saturated rings. The van der Waals surface area contributed by atoms with Gasteiger partial charge in [0, 0.05) is 18.5 Å². The second-order valence-electron chi connectivity index (χ2n) is 2.80. The van der Waals surface area contributed by atoms with E-state index in [9.17, 15) is 9.18 Å². The monoisotopic (exact) mass is 178 g/mol. The molecule has 0 aromatic carbocycles. The smallest absolute Gasteiger partial charge is 0.251 e. The highest BCUT2D eigenvalue weighted by atomic mass is 19.1. The largest absolute Gasteiger partial charge is 0.296 e. The van der Waals surface area contributed by atoms with Gasteiger partial charge in [-0.25, -0.2) is 9.37 Å². The molecule has 0 unspecified atom stereocenters. The van der Waals surface area contributed by atoms with Crippen LogP contribution in [0.25, 0.3) is 11.0 Å². The van der Waals surface area contributed by atoms with Crippen LogP contribution in [0.4, 0.5) is 4.39 Å². The minimum absolute atomic E-state index is 0.147. The molecule has 0 saturated heterocycles. The van der Waals surface area contributed by atoms with Crippen LogP contribution >= 0.6 is 0 Å². The Labute approximate surface area is 73.5 Å². The number of hydrogen-bond donors (Lipinski definition) is 0. The predicted octanol–water partition coefficient (Wildman–Crippen LogP) is 1.07. The number of hydrogen-bond acceptors (Lipinski definition) is 2. The average molecular weight is 178 g/mol. The fourth-order valence-electron chi connectivity index (χ4n) is 1.23. The van der Waals surface area contributed by atoms with Crippen molar-refractivity contribution in [3.8, 4) is 0 Å². The van der Waals surface area contributed by atoms with Crippen molar-refractivity contribution in [1.29, 1.82) is 0 Å². The molecule has 2 heterocycles. The molecule has 0 saturated carbocycles. The molecule has 0 bridgehead atoms. The van der Waals surface area contributed by atoms with Crippen molar-refractivity contribution in [2.45, 2.75) is 0 Å². The van der Waals surface area contributed by atoms with E-state index in [4.69, 9.17) is 0 Å². The van der Waals surface area contributed by atoms with E-state index in [1.807, 2.05) is 0 Å². The first-order valence-corrected chi connectivity index (χ1v) is 3.80. The Morgan fingerprint density at radius 2 is 2.23 bits per heavy atom. The van der Waals surface area contributed by atoms with E-state index in [2.05, 4.69) is 4.98 Å². The van der Waals surface area contributed by atoms with Gasteiger partial charge in [-0.05, 0) is 12.1 Å². The highest BCUT2D eigenvalue weighted by Gasteiger charge is 2.00. The highest BCUT2D eigenvalue weighted by molar-refractivity contribution is 5.74. The lowest BCUT2D eigenvalue weighted by Gasteiger charge is -2.01. The molecule has 0 amide bonds. The standard InChI is InChI=1S/C9H7FN2O/c1-12-8(13)3-2-6-4-7(10)5-11-9(6)12/h2-5H,1H3. The van der Waals surface area contributed by atoms with Crippen LogP contribution in [0.3, 0.4) is 0 Å². The van der Waals surface area contributed by atoms with Gasteiger partial charge in [-0.1, -0.05) is 0 Å². The summed E-state index contributed by atoms with van der Waals surface area (Å²) in [4.78, 5) is 15.0. The van der Waals surface area contributed by atoms with E-state index in [-0.39, 0.29) is 5.56 Å². The lowest BCUT2D eigenvalue weighted by Crippen LogP contribution is -2.15. The summed E-state index contributed by atoms with van der Waals surface area (Å²) in [5, 5.41) is 0.627. The first kappa shape index (κ1) is 7.91. The molecule has 3 nitrogen and oxygen atoms in total. The molecule has 0 spiro atoms. The van der Waals surface area contributed by atoms with Crippen LogP contribution in [0.5, 0.6) is 0 Å². The molecular formula is C9H7FN2O. The Bertz CT molecular complexity index is 518.